The van der Waals surface area contributed by atoms with Gasteiger partial charge in [-0.25, -0.2) is 4.79 Å². The molecular weight excluding hydrogens is 190 g/mol. The first-order valence-corrected chi connectivity index (χ1v) is 5.73. The summed E-state index contributed by atoms with van der Waals surface area (Å²) in [6, 6.07) is 0.0944. The van der Waals surface area contributed by atoms with Crippen LogP contribution in [0.25, 0.3) is 0 Å². The molecule has 2 amide bonds. The molecule has 0 saturated carbocycles. The molecule has 2 atom stereocenters. The molecule has 0 aromatic carbocycles. The molecular formula is C11H21N3O. The summed E-state index contributed by atoms with van der Waals surface area (Å²) in [5.41, 5.74) is -0.132. The summed E-state index contributed by atoms with van der Waals surface area (Å²) in [5, 5.41) is 6.39. The summed E-state index contributed by atoms with van der Waals surface area (Å²) in [4.78, 5) is 13.8. The van der Waals surface area contributed by atoms with Gasteiger partial charge in [-0.2, -0.15) is 0 Å². The summed E-state index contributed by atoms with van der Waals surface area (Å²) in [5.74, 6) is 1.35. The number of hydrogen-bond acceptors (Lipinski definition) is 2. The Bertz CT molecular complexity index is 247. The molecule has 0 unspecified atom stereocenters. The van der Waals surface area contributed by atoms with Crippen LogP contribution >= 0.6 is 0 Å². The predicted molar refractivity (Wildman–Crippen MR) is 59.7 cm³/mol. The first kappa shape index (κ1) is 10.7. The second-order valence-corrected chi connectivity index (χ2v) is 5.76. The van der Waals surface area contributed by atoms with Gasteiger partial charge in [0.2, 0.25) is 0 Å². The van der Waals surface area contributed by atoms with E-state index in [2.05, 4.69) is 10.6 Å². The summed E-state index contributed by atoms with van der Waals surface area (Å²) >= 11 is 0. The number of carbonyl (C=O) groups excluding carboxylic acids is 1. The molecule has 86 valence electrons. The Labute approximate surface area is 91.4 Å². The topological polar surface area (TPSA) is 44.4 Å². The quantitative estimate of drug-likeness (QED) is 0.618. The largest absolute Gasteiger partial charge is 0.333 e. The van der Waals surface area contributed by atoms with Gasteiger partial charge in [0.15, 0.2) is 0 Å². The van der Waals surface area contributed by atoms with Gasteiger partial charge in [-0.05, 0) is 32.6 Å². The van der Waals surface area contributed by atoms with Crippen molar-refractivity contribution in [2.45, 2.75) is 26.3 Å². The van der Waals surface area contributed by atoms with E-state index in [1.165, 1.54) is 0 Å². The Balaban J connectivity index is 1.88. The molecule has 4 heteroatoms. The minimum atomic E-state index is -0.132. The monoisotopic (exact) mass is 211 g/mol. The minimum Gasteiger partial charge on any atom is -0.333 e. The van der Waals surface area contributed by atoms with Crippen molar-refractivity contribution in [3.63, 3.8) is 0 Å². The van der Waals surface area contributed by atoms with Crippen molar-refractivity contribution >= 4 is 6.03 Å². The van der Waals surface area contributed by atoms with E-state index >= 15 is 0 Å². The van der Waals surface area contributed by atoms with E-state index in [0.29, 0.717) is 11.8 Å². The molecule has 4 nitrogen and oxygen atoms in total. The van der Waals surface area contributed by atoms with E-state index in [1.54, 1.807) is 0 Å². The lowest BCUT2D eigenvalue weighted by Crippen LogP contribution is -2.48. The van der Waals surface area contributed by atoms with Crippen LogP contribution < -0.4 is 10.6 Å². The molecule has 2 rings (SSSR count). The lowest BCUT2D eigenvalue weighted by atomic mass is 10.0. The average molecular weight is 211 g/mol. The van der Waals surface area contributed by atoms with Crippen molar-refractivity contribution < 1.29 is 4.79 Å². The SMILES string of the molecule is CC(C)(C)NC(=O)N1C[C@H]2CNC[C@H]2C1. The van der Waals surface area contributed by atoms with E-state index in [9.17, 15) is 4.79 Å². The van der Waals surface area contributed by atoms with E-state index in [-0.39, 0.29) is 11.6 Å². The third-order valence-corrected chi connectivity index (χ3v) is 3.16. The molecule has 0 spiro atoms. The Kier molecular flexibility index (Phi) is 2.63. The average Bonchev–Trinajstić information content (AvgIpc) is 2.56. The molecule has 2 fully saturated rings. The van der Waals surface area contributed by atoms with Crippen molar-refractivity contribution in [1.29, 1.82) is 0 Å². The van der Waals surface area contributed by atoms with Gasteiger partial charge in [0.05, 0.1) is 0 Å². The van der Waals surface area contributed by atoms with Gasteiger partial charge in [-0.15, -0.1) is 0 Å². The van der Waals surface area contributed by atoms with E-state index in [4.69, 9.17) is 0 Å². The third kappa shape index (κ3) is 2.43. The first-order chi connectivity index (χ1) is 6.96. The Morgan fingerprint density at radius 1 is 1.27 bits per heavy atom. The number of hydrogen-bond donors (Lipinski definition) is 2. The highest BCUT2D eigenvalue weighted by Crippen LogP contribution is 2.26. The van der Waals surface area contributed by atoms with Crippen molar-refractivity contribution in [2.75, 3.05) is 26.2 Å². The maximum Gasteiger partial charge on any atom is 0.317 e. The summed E-state index contributed by atoms with van der Waals surface area (Å²) in [6.07, 6.45) is 0. The Morgan fingerprint density at radius 3 is 2.27 bits per heavy atom. The van der Waals surface area contributed by atoms with E-state index in [0.717, 1.165) is 26.2 Å². The molecule has 2 heterocycles. The zero-order valence-electron chi connectivity index (χ0n) is 9.84. The number of rotatable bonds is 0. The van der Waals surface area contributed by atoms with Crippen LogP contribution in [-0.2, 0) is 0 Å². The van der Waals surface area contributed by atoms with Crippen molar-refractivity contribution in [3.8, 4) is 0 Å². The molecule has 2 saturated heterocycles. The number of nitrogens with zero attached hydrogens (tertiary/aromatic N) is 1. The first-order valence-electron chi connectivity index (χ1n) is 5.73. The molecule has 2 aliphatic heterocycles. The molecule has 0 aromatic rings. The van der Waals surface area contributed by atoms with Crippen LogP contribution in [0.1, 0.15) is 20.8 Å². The van der Waals surface area contributed by atoms with Crippen LogP contribution in [0.15, 0.2) is 0 Å². The lowest BCUT2D eigenvalue weighted by Gasteiger charge is -2.26. The maximum absolute atomic E-state index is 11.9. The lowest BCUT2D eigenvalue weighted by molar-refractivity contribution is 0.196. The number of likely N-dealkylation sites (tertiary alicyclic amines) is 1. The summed E-state index contributed by atoms with van der Waals surface area (Å²) < 4.78 is 0. The minimum absolute atomic E-state index is 0.0944. The highest BCUT2D eigenvalue weighted by Gasteiger charge is 2.38. The fourth-order valence-electron chi connectivity index (χ4n) is 2.42. The van der Waals surface area contributed by atoms with Crippen LogP contribution in [0.3, 0.4) is 0 Å². The zero-order valence-corrected chi connectivity index (χ0v) is 9.84. The van der Waals surface area contributed by atoms with Crippen LogP contribution in [-0.4, -0.2) is 42.6 Å². The molecule has 15 heavy (non-hydrogen) atoms. The van der Waals surface area contributed by atoms with Gasteiger partial charge in [0.1, 0.15) is 0 Å². The smallest absolute Gasteiger partial charge is 0.317 e. The number of nitrogens with one attached hydrogen (secondary N) is 2. The van der Waals surface area contributed by atoms with E-state index in [1.807, 2.05) is 25.7 Å². The summed E-state index contributed by atoms with van der Waals surface area (Å²) in [7, 11) is 0. The highest BCUT2D eigenvalue weighted by atomic mass is 16.2. The third-order valence-electron chi connectivity index (χ3n) is 3.16. The van der Waals surface area contributed by atoms with Gasteiger partial charge >= 0.3 is 6.03 Å². The maximum atomic E-state index is 11.9. The van der Waals surface area contributed by atoms with Gasteiger partial charge in [0, 0.05) is 31.7 Å². The van der Waals surface area contributed by atoms with Gasteiger partial charge in [-0.3, -0.25) is 0 Å². The number of carbonyl (C=O) groups is 1. The molecule has 0 bridgehead atoms. The van der Waals surface area contributed by atoms with Crippen molar-refractivity contribution in [3.05, 3.63) is 0 Å². The normalized spacial score (nSPS) is 30.5. The van der Waals surface area contributed by atoms with Gasteiger partial charge < -0.3 is 15.5 Å². The fraction of sp³-hybridized carbons (Fsp3) is 0.909. The number of fused-ring (bicyclic) bond motifs is 1. The second-order valence-electron chi connectivity index (χ2n) is 5.76. The van der Waals surface area contributed by atoms with Crippen molar-refractivity contribution in [1.82, 2.24) is 15.5 Å². The predicted octanol–water partition coefficient (Wildman–Crippen LogP) is 0.646. The molecule has 0 radical (unpaired) electrons. The van der Waals surface area contributed by atoms with Gasteiger partial charge in [-0.1, -0.05) is 0 Å². The Hall–Kier alpha value is -0.770. The molecule has 0 aromatic heterocycles. The Morgan fingerprint density at radius 2 is 1.80 bits per heavy atom. The van der Waals surface area contributed by atoms with E-state index < -0.39 is 0 Å². The highest BCUT2D eigenvalue weighted by molar-refractivity contribution is 5.75. The number of amides is 2. The van der Waals surface area contributed by atoms with Crippen LogP contribution in [0, 0.1) is 11.8 Å². The summed E-state index contributed by atoms with van der Waals surface area (Å²) in [6.45, 7) is 10.0. The van der Waals surface area contributed by atoms with Crippen LogP contribution in [0.5, 0.6) is 0 Å². The molecule has 2 N–H and O–H groups in total. The number of urea groups is 1. The van der Waals surface area contributed by atoms with Crippen molar-refractivity contribution in [2.24, 2.45) is 11.8 Å². The molecule has 0 aliphatic carbocycles. The van der Waals surface area contributed by atoms with Gasteiger partial charge in [0.25, 0.3) is 0 Å². The fourth-order valence-corrected chi connectivity index (χ4v) is 2.42. The van der Waals surface area contributed by atoms with Crippen LogP contribution in [0.4, 0.5) is 4.79 Å². The zero-order chi connectivity index (χ0) is 11.1. The standard InChI is InChI=1S/C11H21N3O/c1-11(2,3)13-10(15)14-6-8-4-12-5-9(8)7-14/h8-9,12H,4-7H2,1-3H3,(H,13,15)/t8-,9+. The van der Waals surface area contributed by atoms with Crippen LogP contribution in [0.2, 0.25) is 0 Å². The molecule has 2 aliphatic rings. The second kappa shape index (κ2) is 3.67.